The van der Waals surface area contributed by atoms with E-state index in [9.17, 15) is 19.2 Å². The molecule has 0 fully saturated rings. The molecule has 0 aliphatic carbocycles. The summed E-state index contributed by atoms with van der Waals surface area (Å²) in [5.74, 6) is -1.29. The van der Waals surface area contributed by atoms with Crippen LogP contribution in [0.15, 0.2) is 29.6 Å². The fourth-order valence-corrected chi connectivity index (χ4v) is 4.79. The van der Waals surface area contributed by atoms with E-state index >= 15 is 0 Å². The zero-order valence-corrected chi connectivity index (χ0v) is 19.4. The number of amides is 2. The Morgan fingerprint density at radius 2 is 1.91 bits per heavy atom. The highest BCUT2D eigenvalue weighted by Gasteiger charge is 2.37. The first-order valence-corrected chi connectivity index (χ1v) is 11.4. The van der Waals surface area contributed by atoms with Crippen molar-refractivity contribution in [2.24, 2.45) is 5.73 Å². The van der Waals surface area contributed by atoms with E-state index in [1.54, 1.807) is 32.9 Å². The van der Waals surface area contributed by atoms with Gasteiger partial charge >= 0.3 is 5.97 Å². The molecule has 3 rings (SSSR count). The molecule has 7 nitrogen and oxygen atoms in total. The second-order valence-electron chi connectivity index (χ2n) is 8.89. The first-order valence-electron chi connectivity index (χ1n) is 10.5. The summed E-state index contributed by atoms with van der Waals surface area (Å²) in [6.45, 7) is 5.63. The summed E-state index contributed by atoms with van der Waals surface area (Å²) in [6, 6.07) is 6.56. The second kappa shape index (κ2) is 9.65. The van der Waals surface area contributed by atoms with Gasteiger partial charge in [0.2, 0.25) is 5.91 Å². The lowest BCUT2D eigenvalue weighted by molar-refractivity contribution is -0.155. The van der Waals surface area contributed by atoms with Gasteiger partial charge in [0.15, 0.2) is 0 Å². The number of nitrogens with zero attached hydrogens (tertiary/aromatic N) is 1. The molecule has 0 saturated heterocycles. The van der Waals surface area contributed by atoms with Gasteiger partial charge in [-0.15, -0.1) is 11.3 Å². The molecule has 0 bridgehead atoms. The Hall–Kier alpha value is -3.00. The number of thiophene rings is 1. The van der Waals surface area contributed by atoms with Gasteiger partial charge in [0, 0.05) is 28.8 Å². The van der Waals surface area contributed by atoms with Crippen molar-refractivity contribution in [1.29, 1.82) is 0 Å². The minimum Gasteiger partial charge on any atom is -0.460 e. The van der Waals surface area contributed by atoms with Crippen LogP contribution >= 0.6 is 11.3 Å². The largest absolute Gasteiger partial charge is 0.460 e. The predicted octanol–water partition coefficient (Wildman–Crippen LogP) is 3.28. The van der Waals surface area contributed by atoms with E-state index < -0.39 is 23.5 Å². The van der Waals surface area contributed by atoms with Gasteiger partial charge in [-0.25, -0.2) is 0 Å². The molecule has 2 heterocycles. The number of carbonyl (C=O) groups is 4. The number of ether oxygens (including phenoxy) is 1. The Labute approximate surface area is 191 Å². The maximum absolute atomic E-state index is 12.9. The highest BCUT2D eigenvalue weighted by molar-refractivity contribution is 7.10. The third-order valence-electron chi connectivity index (χ3n) is 5.30. The summed E-state index contributed by atoms with van der Waals surface area (Å²) in [5.41, 5.74) is 8.23. The zero-order chi connectivity index (χ0) is 23.5. The van der Waals surface area contributed by atoms with Crippen molar-refractivity contribution < 1.29 is 23.9 Å². The van der Waals surface area contributed by atoms with Crippen molar-refractivity contribution >= 4 is 35.4 Å². The minimum atomic E-state index is -0.865. The van der Waals surface area contributed by atoms with Crippen molar-refractivity contribution in [3.8, 4) is 0 Å². The molecular weight excluding hydrogens is 428 g/mol. The molecule has 1 aliphatic heterocycles. The standard InChI is InChI=1S/C24H28N2O5S/c1-24(2,3)31-21(28)11-9-19(22(25)29)26-12-17-18(23(26)30)14-32-20(17)10-8-15-4-6-16(13-27)7-5-15/h4-7,13-14,19H,8-12H2,1-3H3,(H2,25,29). The minimum absolute atomic E-state index is 0.00510. The quantitative estimate of drug-likeness (QED) is 0.460. The number of aldehydes is 1. The summed E-state index contributed by atoms with van der Waals surface area (Å²) < 4.78 is 5.30. The fraction of sp³-hybridized carbons (Fsp3) is 0.417. The lowest BCUT2D eigenvalue weighted by Crippen LogP contribution is -2.45. The number of esters is 1. The van der Waals surface area contributed by atoms with Crippen LogP contribution in [0.4, 0.5) is 0 Å². The number of carbonyl (C=O) groups excluding carboxylic acids is 4. The highest BCUT2D eigenvalue weighted by Crippen LogP contribution is 2.34. The average Bonchev–Trinajstić information content (AvgIpc) is 3.26. The first-order chi connectivity index (χ1) is 15.1. The van der Waals surface area contributed by atoms with Crippen molar-refractivity contribution in [3.63, 3.8) is 0 Å². The molecule has 1 unspecified atom stereocenters. The van der Waals surface area contributed by atoms with Gasteiger partial charge in [0.25, 0.3) is 5.91 Å². The van der Waals surface area contributed by atoms with Gasteiger partial charge in [0.1, 0.15) is 17.9 Å². The third-order valence-corrected chi connectivity index (χ3v) is 6.39. The van der Waals surface area contributed by atoms with Crippen LogP contribution in [-0.4, -0.2) is 40.6 Å². The highest BCUT2D eigenvalue weighted by atomic mass is 32.1. The molecule has 1 aromatic carbocycles. The first kappa shape index (κ1) is 23.7. The number of primary amides is 1. The summed E-state index contributed by atoms with van der Waals surface area (Å²) in [4.78, 5) is 50.5. The van der Waals surface area contributed by atoms with E-state index in [2.05, 4.69) is 0 Å². The second-order valence-corrected chi connectivity index (χ2v) is 9.85. The summed E-state index contributed by atoms with van der Waals surface area (Å²) >= 11 is 1.54. The topological polar surface area (TPSA) is 107 Å². The van der Waals surface area contributed by atoms with E-state index in [1.165, 1.54) is 16.2 Å². The van der Waals surface area contributed by atoms with Gasteiger partial charge in [-0.2, -0.15) is 0 Å². The molecule has 0 saturated carbocycles. The van der Waals surface area contributed by atoms with Crippen LogP contribution in [0.1, 0.15) is 70.3 Å². The van der Waals surface area contributed by atoms with Crippen LogP contribution in [0.3, 0.4) is 0 Å². The third kappa shape index (κ3) is 5.62. The lowest BCUT2D eigenvalue weighted by atomic mass is 10.0. The number of rotatable bonds is 9. The smallest absolute Gasteiger partial charge is 0.306 e. The van der Waals surface area contributed by atoms with Gasteiger partial charge < -0.3 is 15.4 Å². The number of hydrogen-bond donors (Lipinski definition) is 1. The van der Waals surface area contributed by atoms with Crippen molar-refractivity contribution in [2.75, 3.05) is 0 Å². The summed E-state index contributed by atoms with van der Waals surface area (Å²) in [6.07, 6.45) is 2.47. The SMILES string of the molecule is CC(C)(C)OC(=O)CCC(C(N)=O)N1Cc2c(csc2CCc2ccc(C=O)cc2)C1=O. The number of nitrogens with two attached hydrogens (primary N) is 1. The molecule has 1 aromatic heterocycles. The van der Waals surface area contributed by atoms with Gasteiger partial charge in [-0.1, -0.05) is 24.3 Å². The molecule has 2 amide bonds. The molecule has 1 atom stereocenters. The lowest BCUT2D eigenvalue weighted by Gasteiger charge is -2.26. The van der Waals surface area contributed by atoms with E-state index in [1.807, 2.05) is 17.5 Å². The fourth-order valence-electron chi connectivity index (χ4n) is 3.75. The van der Waals surface area contributed by atoms with Crippen molar-refractivity contribution in [2.45, 2.75) is 64.6 Å². The molecular formula is C24H28N2O5S. The summed E-state index contributed by atoms with van der Waals surface area (Å²) in [5, 5.41) is 1.83. The monoisotopic (exact) mass is 456 g/mol. The molecule has 2 aromatic rings. The molecule has 0 spiro atoms. The Balaban J connectivity index is 1.66. The van der Waals surface area contributed by atoms with Crippen LogP contribution in [0.25, 0.3) is 0 Å². The maximum atomic E-state index is 12.9. The van der Waals surface area contributed by atoms with Crippen LogP contribution in [0.2, 0.25) is 0 Å². The van der Waals surface area contributed by atoms with Crippen LogP contribution in [0.5, 0.6) is 0 Å². The Bertz CT molecular complexity index is 1020. The van der Waals surface area contributed by atoms with Crippen LogP contribution in [-0.2, 0) is 33.7 Å². The van der Waals surface area contributed by atoms with Crippen LogP contribution in [0, 0.1) is 0 Å². The molecule has 8 heteroatoms. The number of benzene rings is 1. The normalized spacial score (nSPS) is 14.2. The predicted molar refractivity (Wildman–Crippen MR) is 121 cm³/mol. The molecule has 0 radical (unpaired) electrons. The Morgan fingerprint density at radius 1 is 1.22 bits per heavy atom. The van der Waals surface area contributed by atoms with E-state index in [0.717, 1.165) is 35.1 Å². The summed E-state index contributed by atoms with van der Waals surface area (Å²) in [7, 11) is 0. The maximum Gasteiger partial charge on any atom is 0.306 e. The van der Waals surface area contributed by atoms with Gasteiger partial charge in [-0.3, -0.25) is 19.2 Å². The molecule has 1 aliphatic rings. The van der Waals surface area contributed by atoms with E-state index in [0.29, 0.717) is 17.7 Å². The van der Waals surface area contributed by atoms with E-state index in [-0.39, 0.29) is 18.7 Å². The van der Waals surface area contributed by atoms with Gasteiger partial charge in [-0.05, 0) is 51.2 Å². The Kier molecular flexibility index (Phi) is 7.13. The zero-order valence-electron chi connectivity index (χ0n) is 18.6. The molecule has 170 valence electrons. The Morgan fingerprint density at radius 3 is 2.50 bits per heavy atom. The number of hydrogen-bond acceptors (Lipinski definition) is 6. The van der Waals surface area contributed by atoms with Gasteiger partial charge in [0.05, 0.1) is 5.56 Å². The average molecular weight is 457 g/mol. The van der Waals surface area contributed by atoms with Crippen LogP contribution < -0.4 is 5.73 Å². The van der Waals surface area contributed by atoms with Crippen molar-refractivity contribution in [3.05, 3.63) is 56.8 Å². The van der Waals surface area contributed by atoms with Crippen molar-refractivity contribution in [1.82, 2.24) is 4.90 Å². The molecule has 32 heavy (non-hydrogen) atoms. The van der Waals surface area contributed by atoms with E-state index in [4.69, 9.17) is 10.5 Å². The number of fused-ring (bicyclic) bond motifs is 1. The number of aryl methyl sites for hydroxylation is 2. The molecule has 2 N–H and O–H groups in total.